The van der Waals surface area contributed by atoms with E-state index in [1.807, 2.05) is 0 Å². The summed E-state index contributed by atoms with van der Waals surface area (Å²) in [6.45, 7) is 3.40. The van der Waals surface area contributed by atoms with Crippen LogP contribution >= 0.6 is 22.9 Å². The Bertz CT molecular complexity index is 745. The Morgan fingerprint density at radius 2 is 2.00 bits per heavy atom. The normalized spacial score (nSPS) is 11.8. The average Bonchev–Trinajstić information content (AvgIpc) is 2.93. The third kappa shape index (κ3) is 4.24. The van der Waals surface area contributed by atoms with Crippen molar-refractivity contribution >= 4 is 34.8 Å². The van der Waals surface area contributed by atoms with E-state index in [1.54, 1.807) is 31.2 Å². The van der Waals surface area contributed by atoms with Crippen molar-refractivity contribution < 1.29 is 19.4 Å². The molecule has 128 valence electrons. The van der Waals surface area contributed by atoms with Gasteiger partial charge in [-0.1, -0.05) is 11.6 Å². The Morgan fingerprint density at radius 3 is 2.58 bits per heavy atom. The highest BCUT2D eigenvalue weighted by atomic mass is 35.5. The molecular weight excluding hydrogens is 352 g/mol. The number of aryl methyl sites for hydroxylation is 1. The molecule has 0 radical (unpaired) electrons. The van der Waals surface area contributed by atoms with Crippen LogP contribution in [0.15, 0.2) is 24.3 Å². The molecule has 1 amide bonds. The number of amides is 1. The van der Waals surface area contributed by atoms with E-state index in [1.165, 1.54) is 30.2 Å². The molecule has 6 nitrogen and oxygen atoms in total. The second-order valence-corrected chi connectivity index (χ2v) is 6.72. The van der Waals surface area contributed by atoms with E-state index < -0.39 is 12.0 Å². The number of likely N-dealkylation sites (N-methyl/N-ethyl adjacent to an activating group) is 1. The van der Waals surface area contributed by atoms with Gasteiger partial charge >= 0.3 is 5.97 Å². The lowest BCUT2D eigenvalue weighted by atomic mass is 10.2. The van der Waals surface area contributed by atoms with Crippen molar-refractivity contribution in [1.82, 2.24) is 9.88 Å². The minimum Gasteiger partial charge on any atom is -0.486 e. The number of carbonyl (C=O) groups is 2. The van der Waals surface area contributed by atoms with Crippen LogP contribution in [0.4, 0.5) is 0 Å². The zero-order chi connectivity index (χ0) is 17.9. The Labute approximate surface area is 148 Å². The van der Waals surface area contributed by atoms with E-state index in [2.05, 4.69) is 4.98 Å². The Hall–Kier alpha value is -2.12. The van der Waals surface area contributed by atoms with Gasteiger partial charge in [0, 0.05) is 12.1 Å². The second kappa shape index (κ2) is 7.63. The maximum atomic E-state index is 12.4. The van der Waals surface area contributed by atoms with Crippen molar-refractivity contribution in [2.75, 3.05) is 7.05 Å². The van der Waals surface area contributed by atoms with Crippen molar-refractivity contribution in [3.8, 4) is 5.75 Å². The topological polar surface area (TPSA) is 79.7 Å². The summed E-state index contributed by atoms with van der Waals surface area (Å²) in [7, 11) is 1.46. The van der Waals surface area contributed by atoms with Crippen LogP contribution in [0, 0.1) is 6.92 Å². The largest absolute Gasteiger partial charge is 0.486 e. The van der Waals surface area contributed by atoms with Crippen molar-refractivity contribution in [2.45, 2.75) is 26.5 Å². The molecule has 0 saturated heterocycles. The van der Waals surface area contributed by atoms with Gasteiger partial charge in [-0.2, -0.15) is 0 Å². The highest BCUT2D eigenvalue weighted by Crippen LogP contribution is 2.23. The molecule has 1 aromatic carbocycles. The number of aromatic nitrogens is 1. The predicted molar refractivity (Wildman–Crippen MR) is 91.8 cm³/mol. The van der Waals surface area contributed by atoms with E-state index >= 15 is 0 Å². The van der Waals surface area contributed by atoms with Crippen LogP contribution in [0.25, 0.3) is 0 Å². The third-order valence-electron chi connectivity index (χ3n) is 3.47. The fraction of sp³-hybridized carbons (Fsp3) is 0.312. The standard InChI is InChI=1S/C16H17ClN2O4S/c1-9-14(15(20)19(3)10(2)16(21)22)24-13(18-9)8-23-12-6-4-11(17)5-7-12/h4-7,10H,8H2,1-3H3,(H,21,22). The molecule has 8 heteroatoms. The van der Waals surface area contributed by atoms with Gasteiger partial charge in [0.15, 0.2) is 0 Å². The maximum absolute atomic E-state index is 12.4. The first-order valence-electron chi connectivity index (χ1n) is 7.14. The highest BCUT2D eigenvalue weighted by molar-refractivity contribution is 7.13. The van der Waals surface area contributed by atoms with Gasteiger partial charge in [0.05, 0.1) is 5.69 Å². The van der Waals surface area contributed by atoms with E-state index in [4.69, 9.17) is 21.4 Å². The smallest absolute Gasteiger partial charge is 0.326 e. The highest BCUT2D eigenvalue weighted by Gasteiger charge is 2.26. The molecule has 0 aliphatic rings. The van der Waals surface area contributed by atoms with Crippen LogP contribution in [0.3, 0.4) is 0 Å². The molecule has 1 unspecified atom stereocenters. The van der Waals surface area contributed by atoms with Gasteiger partial charge in [0.2, 0.25) is 0 Å². The number of thiazole rings is 1. The van der Waals surface area contributed by atoms with Gasteiger partial charge in [-0.3, -0.25) is 4.79 Å². The Morgan fingerprint density at radius 1 is 1.38 bits per heavy atom. The van der Waals surface area contributed by atoms with E-state index in [9.17, 15) is 9.59 Å². The number of ether oxygens (including phenoxy) is 1. The molecule has 0 bridgehead atoms. The van der Waals surface area contributed by atoms with Crippen LogP contribution in [0.5, 0.6) is 5.75 Å². The van der Waals surface area contributed by atoms with Gasteiger partial charge in [-0.25, -0.2) is 9.78 Å². The summed E-state index contributed by atoms with van der Waals surface area (Å²) in [6.07, 6.45) is 0. The van der Waals surface area contributed by atoms with Crippen molar-refractivity contribution in [2.24, 2.45) is 0 Å². The minimum atomic E-state index is -1.06. The fourth-order valence-electron chi connectivity index (χ4n) is 1.89. The molecule has 0 fully saturated rings. The van der Waals surface area contributed by atoms with Crippen LogP contribution in [0.2, 0.25) is 5.02 Å². The molecule has 0 saturated carbocycles. The zero-order valence-electron chi connectivity index (χ0n) is 13.4. The molecular formula is C16H17ClN2O4S. The van der Waals surface area contributed by atoms with Crippen LogP contribution in [0.1, 0.15) is 27.3 Å². The number of carboxylic acid groups (broad SMARTS) is 1. The number of hydrogen-bond donors (Lipinski definition) is 1. The van der Waals surface area contributed by atoms with Crippen molar-refractivity contribution in [3.63, 3.8) is 0 Å². The summed E-state index contributed by atoms with van der Waals surface area (Å²) >= 11 is 7.02. The van der Waals surface area contributed by atoms with E-state index in [0.29, 0.717) is 26.4 Å². The van der Waals surface area contributed by atoms with Crippen LogP contribution in [-0.2, 0) is 11.4 Å². The van der Waals surface area contributed by atoms with Gasteiger partial charge in [-0.15, -0.1) is 11.3 Å². The summed E-state index contributed by atoms with van der Waals surface area (Å²) in [5.41, 5.74) is 0.559. The zero-order valence-corrected chi connectivity index (χ0v) is 15.0. The molecule has 2 aromatic rings. The lowest BCUT2D eigenvalue weighted by molar-refractivity contribution is -0.141. The number of benzene rings is 1. The van der Waals surface area contributed by atoms with Crippen molar-refractivity contribution in [1.29, 1.82) is 0 Å². The molecule has 1 N–H and O–H groups in total. The monoisotopic (exact) mass is 368 g/mol. The van der Waals surface area contributed by atoms with Gasteiger partial charge < -0.3 is 14.7 Å². The maximum Gasteiger partial charge on any atom is 0.326 e. The SMILES string of the molecule is Cc1nc(COc2ccc(Cl)cc2)sc1C(=O)N(C)C(C)C(=O)O. The van der Waals surface area contributed by atoms with E-state index in [0.717, 1.165) is 0 Å². The molecule has 0 spiro atoms. The number of carbonyl (C=O) groups excluding carboxylic acids is 1. The number of halogens is 1. The lowest BCUT2D eigenvalue weighted by Crippen LogP contribution is -2.40. The van der Waals surface area contributed by atoms with Gasteiger partial charge in [-0.05, 0) is 38.1 Å². The molecule has 1 heterocycles. The molecule has 2 rings (SSSR count). The molecule has 0 aliphatic heterocycles. The number of rotatable bonds is 6. The minimum absolute atomic E-state index is 0.221. The molecule has 1 atom stereocenters. The summed E-state index contributed by atoms with van der Waals surface area (Å²) < 4.78 is 5.61. The van der Waals surface area contributed by atoms with E-state index in [-0.39, 0.29) is 12.5 Å². The molecule has 0 aliphatic carbocycles. The summed E-state index contributed by atoms with van der Waals surface area (Å²) in [5, 5.41) is 10.3. The Balaban J connectivity index is 2.07. The number of aliphatic carboxylic acids is 1. The van der Waals surface area contributed by atoms with Crippen LogP contribution < -0.4 is 4.74 Å². The second-order valence-electron chi connectivity index (χ2n) is 5.20. The predicted octanol–water partition coefficient (Wildman–Crippen LogP) is 3.23. The lowest BCUT2D eigenvalue weighted by Gasteiger charge is -2.20. The summed E-state index contributed by atoms with van der Waals surface area (Å²) in [5.74, 6) is -0.770. The first-order chi connectivity index (χ1) is 11.3. The summed E-state index contributed by atoms with van der Waals surface area (Å²) in [6, 6.07) is 6.03. The van der Waals surface area contributed by atoms with Gasteiger partial charge in [0.1, 0.15) is 28.3 Å². The van der Waals surface area contributed by atoms with Crippen LogP contribution in [-0.4, -0.2) is 40.0 Å². The van der Waals surface area contributed by atoms with Crippen molar-refractivity contribution in [3.05, 3.63) is 44.9 Å². The third-order valence-corrected chi connectivity index (χ3v) is 4.84. The molecule has 24 heavy (non-hydrogen) atoms. The number of hydrogen-bond acceptors (Lipinski definition) is 5. The summed E-state index contributed by atoms with van der Waals surface area (Å²) in [4.78, 5) is 29.4. The fourth-order valence-corrected chi connectivity index (χ4v) is 2.98. The van der Waals surface area contributed by atoms with Gasteiger partial charge in [0.25, 0.3) is 5.91 Å². The average molecular weight is 369 g/mol. The first-order valence-corrected chi connectivity index (χ1v) is 8.33. The molecule has 1 aromatic heterocycles. The Kier molecular flexibility index (Phi) is 5.80. The first kappa shape index (κ1) is 18.2. The number of nitrogens with zero attached hydrogens (tertiary/aromatic N) is 2. The number of carboxylic acids is 1. The quantitative estimate of drug-likeness (QED) is 0.846.